The zero-order valence-electron chi connectivity index (χ0n) is 5.79. The first-order valence-corrected chi connectivity index (χ1v) is 2.65. The van der Waals surface area contributed by atoms with Crippen molar-refractivity contribution in [3.05, 3.63) is 0 Å². The van der Waals surface area contributed by atoms with Crippen molar-refractivity contribution in [1.82, 2.24) is 0 Å². The molecule has 0 amide bonds. The molecule has 0 heterocycles. The molecule has 0 unspecified atom stereocenters. The van der Waals surface area contributed by atoms with Crippen LogP contribution in [0.3, 0.4) is 0 Å². The van der Waals surface area contributed by atoms with Gasteiger partial charge in [-0.3, -0.25) is 0 Å². The summed E-state index contributed by atoms with van der Waals surface area (Å²) in [5.41, 5.74) is -1.15. The Labute approximate surface area is 45.1 Å². The Bertz CT molecular complexity index is 96.3. The molecule has 0 saturated heterocycles. The molecule has 42 valence electrons. The van der Waals surface area contributed by atoms with Gasteiger partial charge in [-0.05, 0) is 18.7 Å². The lowest BCUT2D eigenvalue weighted by molar-refractivity contribution is 0.230. The number of halogens is 1. The zero-order valence-corrected chi connectivity index (χ0v) is 4.79. The lowest BCUT2D eigenvalue weighted by atomic mass is 10.1. The minimum absolute atomic E-state index is 0.587. The lowest BCUT2D eigenvalue weighted by Gasteiger charge is -2.06. The minimum atomic E-state index is -1.15. The molecule has 0 aromatic rings. The van der Waals surface area contributed by atoms with Crippen LogP contribution in [-0.4, -0.2) is 5.67 Å². The third-order valence-electron chi connectivity index (χ3n) is 1.59. The third kappa shape index (κ3) is 0.767. The van der Waals surface area contributed by atoms with E-state index in [0.29, 0.717) is 12.8 Å². The van der Waals surface area contributed by atoms with Crippen molar-refractivity contribution in [3.8, 4) is 0 Å². The molecule has 0 atom stereocenters. The Hall–Kier alpha value is -0.0700. The molecule has 0 aliphatic heterocycles. The molecule has 1 heteroatoms. The smallest absolute Gasteiger partial charge is 0.113 e. The Balaban J connectivity index is 2.58. The Morgan fingerprint density at radius 1 is 1.71 bits per heavy atom. The Kier molecular flexibility index (Phi) is 0.668. The number of hydrogen-bond acceptors (Lipinski definition) is 0. The number of hydrogen-bond donors (Lipinski definition) is 0. The van der Waals surface area contributed by atoms with Crippen molar-refractivity contribution in [2.45, 2.75) is 32.4 Å². The van der Waals surface area contributed by atoms with Gasteiger partial charge in [0, 0.05) is 1.37 Å². The summed E-state index contributed by atoms with van der Waals surface area (Å²) in [6.45, 7) is 3.25. The van der Waals surface area contributed by atoms with Gasteiger partial charge in [0.1, 0.15) is 5.67 Å². The van der Waals surface area contributed by atoms with E-state index in [1.54, 1.807) is 13.8 Å². The summed E-state index contributed by atoms with van der Waals surface area (Å²) in [5.74, 6) is -0.868. The highest BCUT2D eigenvalue weighted by Gasteiger charge is 2.45. The van der Waals surface area contributed by atoms with E-state index in [4.69, 9.17) is 1.37 Å². The van der Waals surface area contributed by atoms with Crippen molar-refractivity contribution in [1.29, 1.82) is 0 Å². The van der Waals surface area contributed by atoms with Crippen LogP contribution >= 0.6 is 0 Å². The maximum atomic E-state index is 12.8. The highest BCUT2D eigenvalue weighted by Crippen LogP contribution is 2.45. The van der Waals surface area contributed by atoms with Crippen molar-refractivity contribution in [3.63, 3.8) is 0 Å². The second-order valence-electron chi connectivity index (χ2n) is 2.47. The van der Waals surface area contributed by atoms with Crippen LogP contribution in [0.1, 0.15) is 28.1 Å². The van der Waals surface area contributed by atoms with E-state index < -0.39 is 11.6 Å². The normalized spacial score (nSPS) is 29.3. The average molecular weight is 103 g/mol. The molecular formula is C6H11F. The lowest BCUT2D eigenvalue weighted by Crippen LogP contribution is -2.08. The zero-order chi connectivity index (χ0) is 6.41. The first-order valence-electron chi connectivity index (χ1n) is 3.15. The molecule has 0 aromatic heterocycles. The van der Waals surface area contributed by atoms with Gasteiger partial charge in [-0.2, -0.15) is 0 Å². The van der Waals surface area contributed by atoms with Crippen LogP contribution in [0.5, 0.6) is 0 Å². The topological polar surface area (TPSA) is 0 Å². The van der Waals surface area contributed by atoms with Crippen LogP contribution in [0, 0.1) is 5.89 Å². The molecule has 0 N–H and O–H groups in total. The third-order valence-corrected chi connectivity index (χ3v) is 1.59. The highest BCUT2D eigenvalue weighted by molar-refractivity contribution is 4.96. The van der Waals surface area contributed by atoms with E-state index in [1.807, 2.05) is 0 Å². The summed E-state index contributed by atoms with van der Waals surface area (Å²) in [5, 5.41) is 0. The standard InChI is InChI=1S/C6H11F/c1-5(2)6(7)3-4-6/h5H,3-4H2,1-2H3/i5D. The fourth-order valence-electron chi connectivity index (χ4n) is 0.610. The van der Waals surface area contributed by atoms with E-state index in [9.17, 15) is 4.39 Å². The molecule has 0 nitrogen and oxygen atoms in total. The van der Waals surface area contributed by atoms with E-state index in [-0.39, 0.29) is 0 Å². The molecular weight excluding hydrogens is 91.1 g/mol. The van der Waals surface area contributed by atoms with Crippen molar-refractivity contribution < 1.29 is 5.76 Å². The number of rotatable bonds is 1. The molecule has 0 bridgehead atoms. The van der Waals surface area contributed by atoms with Crippen molar-refractivity contribution in [2.75, 3.05) is 0 Å². The quantitative estimate of drug-likeness (QED) is 0.477. The van der Waals surface area contributed by atoms with Gasteiger partial charge in [-0.1, -0.05) is 13.8 Å². The minimum Gasteiger partial charge on any atom is -0.244 e. The van der Waals surface area contributed by atoms with Crippen LogP contribution < -0.4 is 0 Å². The second-order valence-corrected chi connectivity index (χ2v) is 2.47. The molecule has 0 aromatic carbocycles. The first kappa shape index (κ1) is 3.88. The molecule has 0 spiro atoms. The predicted octanol–water partition coefficient (Wildman–Crippen LogP) is 2.14. The number of alkyl halides is 1. The van der Waals surface area contributed by atoms with Gasteiger partial charge in [-0.15, -0.1) is 0 Å². The van der Waals surface area contributed by atoms with Gasteiger partial charge in [0.15, 0.2) is 0 Å². The van der Waals surface area contributed by atoms with Crippen molar-refractivity contribution >= 4 is 0 Å². The molecule has 1 aliphatic rings. The van der Waals surface area contributed by atoms with Crippen LogP contribution in [0.2, 0.25) is 0 Å². The highest BCUT2D eigenvalue weighted by atomic mass is 19.1. The molecule has 7 heavy (non-hydrogen) atoms. The van der Waals surface area contributed by atoms with Crippen LogP contribution in [-0.2, 0) is 0 Å². The summed E-state index contributed by atoms with van der Waals surface area (Å²) in [6, 6.07) is 0. The predicted molar refractivity (Wildman–Crippen MR) is 27.9 cm³/mol. The Morgan fingerprint density at radius 3 is 2.14 bits per heavy atom. The van der Waals surface area contributed by atoms with Crippen LogP contribution in [0.15, 0.2) is 0 Å². The van der Waals surface area contributed by atoms with Gasteiger partial charge in [0.2, 0.25) is 0 Å². The van der Waals surface area contributed by atoms with Gasteiger partial charge in [0.05, 0.1) is 0 Å². The summed E-state index contributed by atoms with van der Waals surface area (Å²) in [7, 11) is 0. The molecule has 1 saturated carbocycles. The van der Waals surface area contributed by atoms with Gasteiger partial charge >= 0.3 is 0 Å². The average Bonchev–Trinajstić information content (AvgIpc) is 2.16. The van der Waals surface area contributed by atoms with E-state index in [1.165, 1.54) is 0 Å². The van der Waals surface area contributed by atoms with E-state index in [2.05, 4.69) is 0 Å². The molecule has 0 radical (unpaired) electrons. The van der Waals surface area contributed by atoms with E-state index in [0.717, 1.165) is 0 Å². The molecule has 1 aliphatic carbocycles. The first-order chi connectivity index (χ1) is 3.46. The summed E-state index contributed by atoms with van der Waals surface area (Å²) in [6.07, 6.45) is 1.17. The monoisotopic (exact) mass is 103 g/mol. The van der Waals surface area contributed by atoms with Crippen LogP contribution in [0.25, 0.3) is 0 Å². The van der Waals surface area contributed by atoms with Gasteiger partial charge in [0.25, 0.3) is 0 Å². The second kappa shape index (κ2) is 1.21. The SMILES string of the molecule is [2H]C(C)(C)C1(F)CC1. The maximum absolute atomic E-state index is 12.8. The van der Waals surface area contributed by atoms with Crippen molar-refractivity contribution in [2.24, 2.45) is 5.89 Å². The largest absolute Gasteiger partial charge is 0.244 e. The Morgan fingerprint density at radius 2 is 2.14 bits per heavy atom. The van der Waals surface area contributed by atoms with Crippen LogP contribution in [0.4, 0.5) is 4.39 Å². The molecule has 1 fully saturated rings. The summed E-state index contributed by atoms with van der Waals surface area (Å²) >= 11 is 0. The fraction of sp³-hybridized carbons (Fsp3) is 1.00. The van der Waals surface area contributed by atoms with Gasteiger partial charge < -0.3 is 0 Å². The summed E-state index contributed by atoms with van der Waals surface area (Å²) < 4.78 is 20.1. The van der Waals surface area contributed by atoms with E-state index >= 15 is 0 Å². The summed E-state index contributed by atoms with van der Waals surface area (Å²) in [4.78, 5) is 0. The fourth-order valence-corrected chi connectivity index (χ4v) is 0.610. The van der Waals surface area contributed by atoms with Gasteiger partial charge in [-0.25, -0.2) is 4.39 Å². The molecule has 1 rings (SSSR count). The maximum Gasteiger partial charge on any atom is 0.113 e.